The number of aromatic amines is 1. The van der Waals surface area contributed by atoms with Crippen LogP contribution < -0.4 is 0 Å². The van der Waals surface area contributed by atoms with Crippen molar-refractivity contribution in [3.05, 3.63) is 81.9 Å². The van der Waals surface area contributed by atoms with Gasteiger partial charge in [0.2, 0.25) is 0 Å². The standard InChI is InChI=1S/C21H14N4O3/c1-13-2-8-18-19(10-13)24-21(23-18)15(12-22)11-17-7-9-20(28-17)14-3-5-16(6-4-14)25(26)27/h2-11H,1H3,(H,23,24). The highest BCUT2D eigenvalue weighted by Crippen LogP contribution is 2.27. The lowest BCUT2D eigenvalue weighted by atomic mass is 10.1. The van der Waals surface area contributed by atoms with Crippen LogP contribution in [0.2, 0.25) is 0 Å². The first-order valence-electron chi connectivity index (χ1n) is 8.47. The van der Waals surface area contributed by atoms with Gasteiger partial charge in [0.15, 0.2) is 0 Å². The van der Waals surface area contributed by atoms with Gasteiger partial charge in [0, 0.05) is 23.8 Å². The summed E-state index contributed by atoms with van der Waals surface area (Å²) >= 11 is 0. The number of nitrogens with zero attached hydrogens (tertiary/aromatic N) is 3. The second-order valence-electron chi connectivity index (χ2n) is 6.28. The van der Waals surface area contributed by atoms with Crippen LogP contribution in [0, 0.1) is 28.4 Å². The molecule has 136 valence electrons. The number of nitro groups is 1. The smallest absolute Gasteiger partial charge is 0.269 e. The first-order chi connectivity index (χ1) is 13.5. The van der Waals surface area contributed by atoms with E-state index in [9.17, 15) is 15.4 Å². The zero-order chi connectivity index (χ0) is 19.7. The summed E-state index contributed by atoms with van der Waals surface area (Å²) < 4.78 is 5.78. The van der Waals surface area contributed by atoms with E-state index in [2.05, 4.69) is 16.0 Å². The van der Waals surface area contributed by atoms with Crippen molar-refractivity contribution >= 4 is 28.4 Å². The second kappa shape index (κ2) is 6.85. The Hall–Kier alpha value is -4.18. The Bertz CT molecular complexity index is 1260. The number of rotatable bonds is 4. The third-order valence-electron chi connectivity index (χ3n) is 4.29. The molecule has 0 saturated carbocycles. The Morgan fingerprint density at radius 2 is 2.00 bits per heavy atom. The number of nitriles is 1. The molecule has 2 aromatic heterocycles. The Balaban J connectivity index is 1.65. The average Bonchev–Trinajstić information content (AvgIpc) is 3.32. The average molecular weight is 370 g/mol. The van der Waals surface area contributed by atoms with Gasteiger partial charge in [-0.1, -0.05) is 6.07 Å². The fourth-order valence-corrected chi connectivity index (χ4v) is 2.88. The highest BCUT2D eigenvalue weighted by molar-refractivity contribution is 5.89. The number of H-pyrrole nitrogens is 1. The topological polar surface area (TPSA) is 109 Å². The summed E-state index contributed by atoms with van der Waals surface area (Å²) in [6.45, 7) is 1.99. The normalized spacial score (nSPS) is 11.5. The summed E-state index contributed by atoms with van der Waals surface area (Å²) in [5.41, 5.74) is 3.82. The SMILES string of the molecule is Cc1ccc2nc(C(C#N)=Cc3ccc(-c4ccc([N+](=O)[O-])cc4)o3)[nH]c2c1. The summed E-state index contributed by atoms with van der Waals surface area (Å²) in [6, 6.07) is 17.6. The summed E-state index contributed by atoms with van der Waals surface area (Å²) in [5, 5.41) is 20.3. The zero-order valence-corrected chi connectivity index (χ0v) is 14.8. The molecule has 0 saturated heterocycles. The van der Waals surface area contributed by atoms with Gasteiger partial charge in [-0.3, -0.25) is 10.1 Å². The van der Waals surface area contributed by atoms with Crippen molar-refractivity contribution in [3.8, 4) is 17.4 Å². The maximum absolute atomic E-state index is 10.8. The Morgan fingerprint density at radius 1 is 1.21 bits per heavy atom. The van der Waals surface area contributed by atoms with E-state index >= 15 is 0 Å². The van der Waals surface area contributed by atoms with Gasteiger partial charge >= 0.3 is 0 Å². The van der Waals surface area contributed by atoms with Crippen molar-refractivity contribution in [2.24, 2.45) is 0 Å². The Kier molecular flexibility index (Phi) is 4.22. The summed E-state index contributed by atoms with van der Waals surface area (Å²) in [4.78, 5) is 17.9. The van der Waals surface area contributed by atoms with Crippen molar-refractivity contribution < 1.29 is 9.34 Å². The van der Waals surface area contributed by atoms with Crippen molar-refractivity contribution in [1.82, 2.24) is 9.97 Å². The number of allylic oxidation sites excluding steroid dienone is 1. The van der Waals surface area contributed by atoms with Crippen LogP contribution in [0.1, 0.15) is 17.1 Å². The van der Waals surface area contributed by atoms with Gasteiger partial charge in [0.1, 0.15) is 23.4 Å². The number of fused-ring (bicyclic) bond motifs is 1. The number of hydrogen-bond donors (Lipinski definition) is 1. The molecule has 4 rings (SSSR count). The molecule has 0 unspecified atom stereocenters. The van der Waals surface area contributed by atoms with Crippen molar-refractivity contribution in [2.75, 3.05) is 0 Å². The van der Waals surface area contributed by atoms with E-state index in [1.807, 2.05) is 25.1 Å². The first-order valence-corrected chi connectivity index (χ1v) is 8.47. The number of furan rings is 1. The predicted octanol–water partition coefficient (Wildman–Crippen LogP) is 5.10. The highest BCUT2D eigenvalue weighted by atomic mass is 16.6. The fraction of sp³-hybridized carbons (Fsp3) is 0.0476. The predicted molar refractivity (Wildman–Crippen MR) is 105 cm³/mol. The van der Waals surface area contributed by atoms with Gasteiger partial charge in [-0.15, -0.1) is 0 Å². The van der Waals surface area contributed by atoms with Crippen LogP contribution in [0.15, 0.2) is 59.0 Å². The van der Waals surface area contributed by atoms with Crippen molar-refractivity contribution in [1.29, 1.82) is 5.26 Å². The molecule has 28 heavy (non-hydrogen) atoms. The molecule has 2 heterocycles. The number of benzene rings is 2. The van der Waals surface area contributed by atoms with E-state index < -0.39 is 4.92 Å². The molecule has 0 aliphatic rings. The quantitative estimate of drug-likeness (QED) is 0.305. The molecule has 7 nitrogen and oxygen atoms in total. The monoisotopic (exact) mass is 370 g/mol. The van der Waals surface area contributed by atoms with Gasteiger partial charge in [-0.25, -0.2) is 4.98 Å². The van der Waals surface area contributed by atoms with E-state index in [4.69, 9.17) is 4.42 Å². The molecule has 0 aliphatic carbocycles. The molecular formula is C21H14N4O3. The fourth-order valence-electron chi connectivity index (χ4n) is 2.88. The number of imidazole rings is 1. The maximum Gasteiger partial charge on any atom is 0.269 e. The molecule has 0 bridgehead atoms. The highest BCUT2D eigenvalue weighted by Gasteiger charge is 2.11. The number of aryl methyl sites for hydroxylation is 1. The van der Waals surface area contributed by atoms with E-state index in [1.54, 1.807) is 30.3 Å². The van der Waals surface area contributed by atoms with Crippen LogP contribution in [0.5, 0.6) is 0 Å². The number of hydrogen-bond acceptors (Lipinski definition) is 5. The third kappa shape index (κ3) is 3.27. The Morgan fingerprint density at radius 3 is 2.71 bits per heavy atom. The molecule has 1 N–H and O–H groups in total. The molecular weight excluding hydrogens is 356 g/mol. The molecule has 0 amide bonds. The van der Waals surface area contributed by atoms with E-state index in [0.29, 0.717) is 28.5 Å². The van der Waals surface area contributed by atoms with Crippen LogP contribution in [-0.4, -0.2) is 14.9 Å². The van der Waals surface area contributed by atoms with Crippen LogP contribution in [0.25, 0.3) is 34.0 Å². The molecule has 7 heteroatoms. The number of aromatic nitrogens is 2. The second-order valence-corrected chi connectivity index (χ2v) is 6.28. The molecule has 0 atom stereocenters. The van der Waals surface area contributed by atoms with Gasteiger partial charge in [0.05, 0.1) is 21.5 Å². The lowest BCUT2D eigenvalue weighted by molar-refractivity contribution is -0.384. The van der Waals surface area contributed by atoms with E-state index in [0.717, 1.165) is 16.6 Å². The van der Waals surface area contributed by atoms with E-state index in [1.165, 1.54) is 12.1 Å². The lowest BCUT2D eigenvalue weighted by Crippen LogP contribution is -1.86. The first kappa shape index (κ1) is 17.2. The maximum atomic E-state index is 10.8. The summed E-state index contributed by atoms with van der Waals surface area (Å²) in [6.07, 6.45) is 1.61. The molecule has 0 fully saturated rings. The van der Waals surface area contributed by atoms with Crippen molar-refractivity contribution in [2.45, 2.75) is 6.92 Å². The van der Waals surface area contributed by atoms with Gasteiger partial charge < -0.3 is 9.40 Å². The van der Waals surface area contributed by atoms with Gasteiger partial charge in [-0.05, 0) is 48.9 Å². The summed E-state index contributed by atoms with van der Waals surface area (Å²) in [5.74, 6) is 1.51. The molecule has 4 aromatic rings. The van der Waals surface area contributed by atoms with Crippen LogP contribution in [0.3, 0.4) is 0 Å². The minimum atomic E-state index is -0.450. The minimum absolute atomic E-state index is 0.0160. The lowest BCUT2D eigenvalue weighted by Gasteiger charge is -1.97. The number of non-ortho nitro benzene ring substituents is 1. The van der Waals surface area contributed by atoms with Crippen LogP contribution in [-0.2, 0) is 0 Å². The molecule has 0 aliphatic heterocycles. The van der Waals surface area contributed by atoms with Crippen molar-refractivity contribution in [3.63, 3.8) is 0 Å². The molecule has 0 radical (unpaired) electrons. The summed E-state index contributed by atoms with van der Waals surface area (Å²) in [7, 11) is 0. The van der Waals surface area contributed by atoms with Crippen LogP contribution >= 0.6 is 0 Å². The number of nitrogens with one attached hydrogen (secondary N) is 1. The molecule has 0 spiro atoms. The van der Waals surface area contributed by atoms with Crippen LogP contribution in [0.4, 0.5) is 5.69 Å². The largest absolute Gasteiger partial charge is 0.457 e. The third-order valence-corrected chi connectivity index (χ3v) is 4.29. The molecule has 2 aromatic carbocycles. The van der Waals surface area contributed by atoms with Gasteiger partial charge in [0.25, 0.3) is 5.69 Å². The minimum Gasteiger partial charge on any atom is -0.457 e. The number of nitro benzene ring substituents is 1. The van der Waals surface area contributed by atoms with E-state index in [-0.39, 0.29) is 5.69 Å². The Labute approximate surface area is 159 Å². The zero-order valence-electron chi connectivity index (χ0n) is 14.8. The van der Waals surface area contributed by atoms with Gasteiger partial charge in [-0.2, -0.15) is 5.26 Å².